The van der Waals surface area contributed by atoms with Crippen molar-refractivity contribution in [1.82, 2.24) is 10.2 Å². The first-order valence-electron chi connectivity index (χ1n) is 6.64. The van der Waals surface area contributed by atoms with Crippen LogP contribution in [0.1, 0.15) is 6.42 Å². The van der Waals surface area contributed by atoms with Gasteiger partial charge in [-0.05, 0) is 12.1 Å². The molecule has 112 valence electrons. The highest BCUT2D eigenvalue weighted by atomic mass is 16.4. The molecule has 3 N–H and O–H groups in total. The maximum Gasteiger partial charge on any atom is 0.322 e. The molecule has 0 aromatic heterocycles. The van der Waals surface area contributed by atoms with Gasteiger partial charge >= 0.3 is 5.97 Å². The molecule has 1 saturated heterocycles. The monoisotopic (exact) mass is 291 g/mol. The number of rotatable bonds is 5. The van der Waals surface area contributed by atoms with Gasteiger partial charge in [0.1, 0.15) is 6.04 Å². The Bertz CT molecular complexity index is 532. The van der Waals surface area contributed by atoms with E-state index < -0.39 is 12.0 Å². The number of amides is 2. The van der Waals surface area contributed by atoms with E-state index in [0.717, 1.165) is 0 Å². The molecule has 2 rings (SSSR count). The Labute approximate surface area is 121 Å². The fourth-order valence-electron chi connectivity index (χ4n) is 2.16. The average Bonchev–Trinajstić information content (AvgIpc) is 2.46. The maximum atomic E-state index is 11.8. The first-order chi connectivity index (χ1) is 10.1. The number of piperazine rings is 1. The first kappa shape index (κ1) is 15.0. The number of carbonyl (C=O) groups is 3. The SMILES string of the molecule is O=C1CN(CCC(=O)Nc2ccccc2)C(C(=O)O)CN1. The average molecular weight is 291 g/mol. The van der Waals surface area contributed by atoms with Crippen molar-refractivity contribution in [3.05, 3.63) is 30.3 Å². The summed E-state index contributed by atoms with van der Waals surface area (Å²) in [5.74, 6) is -1.44. The third-order valence-corrected chi connectivity index (χ3v) is 3.25. The van der Waals surface area contributed by atoms with Crippen LogP contribution in [-0.4, -0.2) is 53.5 Å². The van der Waals surface area contributed by atoms with Crippen molar-refractivity contribution in [2.45, 2.75) is 12.5 Å². The molecule has 0 saturated carbocycles. The van der Waals surface area contributed by atoms with Crippen LogP contribution in [0, 0.1) is 0 Å². The Morgan fingerprint density at radius 3 is 2.71 bits per heavy atom. The molecular formula is C14H17N3O4. The number of anilines is 1. The minimum Gasteiger partial charge on any atom is -0.480 e. The summed E-state index contributed by atoms with van der Waals surface area (Å²) in [6.07, 6.45) is 0.131. The van der Waals surface area contributed by atoms with Crippen LogP contribution in [0.3, 0.4) is 0 Å². The highest BCUT2D eigenvalue weighted by molar-refractivity contribution is 5.91. The predicted octanol–water partition coefficient (Wildman–Crippen LogP) is -0.0998. The standard InChI is InChI=1S/C14H17N3O4/c18-12(16-10-4-2-1-3-5-10)6-7-17-9-13(19)15-8-11(17)14(20)21/h1-5,11H,6-9H2,(H,15,19)(H,16,18)(H,20,21). The first-order valence-corrected chi connectivity index (χ1v) is 6.64. The lowest BCUT2D eigenvalue weighted by Crippen LogP contribution is -2.57. The molecule has 0 bridgehead atoms. The second-order valence-electron chi connectivity index (χ2n) is 4.79. The van der Waals surface area contributed by atoms with Crippen molar-refractivity contribution in [2.24, 2.45) is 0 Å². The molecule has 0 spiro atoms. The molecule has 1 aliphatic heterocycles. The second kappa shape index (κ2) is 6.85. The molecular weight excluding hydrogens is 274 g/mol. The van der Waals surface area contributed by atoms with Crippen molar-refractivity contribution in [3.63, 3.8) is 0 Å². The molecule has 1 aliphatic rings. The van der Waals surface area contributed by atoms with Crippen molar-refractivity contribution in [2.75, 3.05) is 25.0 Å². The molecule has 2 amide bonds. The number of carboxylic acids is 1. The number of aliphatic carboxylic acids is 1. The summed E-state index contributed by atoms with van der Waals surface area (Å²) in [7, 11) is 0. The van der Waals surface area contributed by atoms with Crippen molar-refractivity contribution >= 4 is 23.5 Å². The van der Waals surface area contributed by atoms with Crippen LogP contribution in [0.5, 0.6) is 0 Å². The van der Waals surface area contributed by atoms with Crippen LogP contribution in [0.4, 0.5) is 5.69 Å². The summed E-state index contributed by atoms with van der Waals surface area (Å²) in [6, 6.07) is 8.22. The van der Waals surface area contributed by atoms with E-state index in [9.17, 15) is 14.4 Å². The molecule has 1 atom stereocenters. The number of hydrogen-bond acceptors (Lipinski definition) is 4. The number of carbonyl (C=O) groups excluding carboxylic acids is 2. The topological polar surface area (TPSA) is 98.7 Å². The van der Waals surface area contributed by atoms with Gasteiger partial charge in [0.2, 0.25) is 11.8 Å². The lowest BCUT2D eigenvalue weighted by atomic mass is 10.1. The van der Waals surface area contributed by atoms with Gasteiger partial charge in [0.05, 0.1) is 6.54 Å². The smallest absolute Gasteiger partial charge is 0.322 e. The van der Waals surface area contributed by atoms with Gasteiger partial charge in [-0.1, -0.05) is 18.2 Å². The number of hydrogen-bond donors (Lipinski definition) is 3. The van der Waals surface area contributed by atoms with Crippen LogP contribution in [-0.2, 0) is 14.4 Å². The lowest BCUT2D eigenvalue weighted by Gasteiger charge is -2.32. The Balaban J connectivity index is 1.86. The number of benzene rings is 1. The summed E-state index contributed by atoms with van der Waals surface area (Å²) in [5.41, 5.74) is 0.689. The van der Waals surface area contributed by atoms with Crippen molar-refractivity contribution < 1.29 is 19.5 Å². The molecule has 1 aromatic carbocycles. The molecule has 0 aliphatic carbocycles. The maximum absolute atomic E-state index is 11.8. The second-order valence-corrected chi connectivity index (χ2v) is 4.79. The number of carboxylic acid groups (broad SMARTS) is 1. The van der Waals surface area contributed by atoms with E-state index in [1.807, 2.05) is 18.2 Å². The van der Waals surface area contributed by atoms with E-state index in [4.69, 9.17) is 5.11 Å². The van der Waals surface area contributed by atoms with Crippen molar-refractivity contribution in [1.29, 1.82) is 0 Å². The van der Waals surface area contributed by atoms with Gasteiger partial charge in [-0.25, -0.2) is 0 Å². The van der Waals surface area contributed by atoms with E-state index in [2.05, 4.69) is 10.6 Å². The Morgan fingerprint density at radius 2 is 2.05 bits per heavy atom. The molecule has 7 heteroatoms. The van der Waals surface area contributed by atoms with Crippen LogP contribution < -0.4 is 10.6 Å². The Hall–Kier alpha value is -2.41. The van der Waals surface area contributed by atoms with Gasteiger partial charge in [-0.15, -0.1) is 0 Å². The van der Waals surface area contributed by atoms with E-state index in [0.29, 0.717) is 5.69 Å². The van der Waals surface area contributed by atoms with E-state index in [1.54, 1.807) is 12.1 Å². The summed E-state index contributed by atoms with van der Waals surface area (Å²) in [6.45, 7) is 0.285. The summed E-state index contributed by atoms with van der Waals surface area (Å²) in [5, 5.41) is 14.3. The molecule has 0 radical (unpaired) electrons. The molecule has 7 nitrogen and oxygen atoms in total. The largest absolute Gasteiger partial charge is 0.480 e. The lowest BCUT2D eigenvalue weighted by molar-refractivity contribution is -0.146. The Morgan fingerprint density at radius 1 is 1.33 bits per heavy atom. The zero-order valence-electron chi connectivity index (χ0n) is 11.4. The third-order valence-electron chi connectivity index (χ3n) is 3.25. The normalized spacial score (nSPS) is 18.9. The van der Waals surface area contributed by atoms with Crippen molar-refractivity contribution in [3.8, 4) is 0 Å². The number of nitrogens with one attached hydrogen (secondary N) is 2. The minimum atomic E-state index is -1.00. The molecule has 1 heterocycles. The van der Waals surface area contributed by atoms with Gasteiger partial charge in [-0.3, -0.25) is 19.3 Å². The summed E-state index contributed by atoms with van der Waals surface area (Å²) in [4.78, 5) is 35.8. The van der Waals surface area contributed by atoms with Crippen LogP contribution in [0.2, 0.25) is 0 Å². The highest BCUT2D eigenvalue weighted by Crippen LogP contribution is 2.08. The van der Waals surface area contributed by atoms with E-state index in [1.165, 1.54) is 4.90 Å². The zero-order chi connectivity index (χ0) is 15.2. The van der Waals surface area contributed by atoms with Gasteiger partial charge in [-0.2, -0.15) is 0 Å². The number of nitrogens with zero attached hydrogens (tertiary/aromatic N) is 1. The third kappa shape index (κ3) is 4.28. The highest BCUT2D eigenvalue weighted by Gasteiger charge is 2.31. The molecule has 21 heavy (non-hydrogen) atoms. The Kier molecular flexibility index (Phi) is 4.89. The van der Waals surface area contributed by atoms with E-state index >= 15 is 0 Å². The quantitative estimate of drug-likeness (QED) is 0.703. The number of para-hydroxylation sites is 1. The van der Waals surface area contributed by atoms with Crippen LogP contribution in [0.15, 0.2) is 30.3 Å². The van der Waals surface area contributed by atoms with Gasteiger partial charge < -0.3 is 15.7 Å². The summed E-state index contributed by atoms with van der Waals surface area (Å²) < 4.78 is 0. The molecule has 1 aromatic rings. The van der Waals surface area contributed by atoms with Crippen LogP contribution >= 0.6 is 0 Å². The minimum absolute atomic E-state index is 0.00438. The van der Waals surface area contributed by atoms with Gasteiger partial charge in [0.25, 0.3) is 0 Å². The predicted molar refractivity (Wildman–Crippen MR) is 75.7 cm³/mol. The molecule has 1 fully saturated rings. The van der Waals surface area contributed by atoms with Gasteiger partial charge in [0, 0.05) is 25.2 Å². The fraction of sp³-hybridized carbons (Fsp3) is 0.357. The van der Waals surface area contributed by atoms with E-state index in [-0.39, 0.29) is 37.9 Å². The zero-order valence-corrected chi connectivity index (χ0v) is 11.4. The summed E-state index contributed by atoms with van der Waals surface area (Å²) >= 11 is 0. The van der Waals surface area contributed by atoms with Crippen LogP contribution in [0.25, 0.3) is 0 Å². The molecule has 1 unspecified atom stereocenters. The fourth-order valence-corrected chi connectivity index (χ4v) is 2.16. The van der Waals surface area contributed by atoms with Gasteiger partial charge in [0.15, 0.2) is 0 Å².